The standard InChI is InChI=1S/C24H18F2N2O2/c1-14-7-9-16(10-8-14)21-22(27-20-6-4-3-5-15(20)2)24(30)28(23(21)29)17-11-12-18(25)19(26)13-17/h3-13,27H,1-2H3. The van der Waals surface area contributed by atoms with Crippen LogP contribution in [-0.2, 0) is 9.59 Å². The predicted octanol–water partition coefficient (Wildman–Crippen LogP) is 4.98. The van der Waals surface area contributed by atoms with Gasteiger partial charge in [0.05, 0.1) is 11.3 Å². The average Bonchev–Trinajstić information content (AvgIpc) is 2.96. The topological polar surface area (TPSA) is 49.4 Å². The van der Waals surface area contributed by atoms with Crippen LogP contribution in [0.1, 0.15) is 16.7 Å². The first-order valence-electron chi connectivity index (χ1n) is 9.34. The van der Waals surface area contributed by atoms with Crippen molar-refractivity contribution in [3.05, 3.63) is 101 Å². The van der Waals surface area contributed by atoms with Crippen LogP contribution in [0.25, 0.3) is 5.57 Å². The highest BCUT2D eigenvalue weighted by atomic mass is 19.2. The van der Waals surface area contributed by atoms with Crippen molar-refractivity contribution in [3.8, 4) is 0 Å². The lowest BCUT2D eigenvalue weighted by molar-refractivity contribution is -0.120. The Morgan fingerprint density at radius 1 is 0.800 bits per heavy atom. The molecule has 4 nitrogen and oxygen atoms in total. The number of carbonyl (C=O) groups excluding carboxylic acids is 2. The van der Waals surface area contributed by atoms with Gasteiger partial charge in [-0.1, -0.05) is 48.0 Å². The minimum absolute atomic E-state index is 0.0323. The van der Waals surface area contributed by atoms with Crippen molar-refractivity contribution in [2.45, 2.75) is 13.8 Å². The van der Waals surface area contributed by atoms with Gasteiger partial charge in [-0.05, 0) is 43.2 Å². The summed E-state index contributed by atoms with van der Waals surface area (Å²) in [5.74, 6) is -3.43. The number of hydrogen-bond donors (Lipinski definition) is 1. The van der Waals surface area contributed by atoms with E-state index in [4.69, 9.17) is 0 Å². The van der Waals surface area contributed by atoms with Crippen LogP contribution in [0, 0.1) is 25.5 Å². The maximum Gasteiger partial charge on any atom is 0.282 e. The molecule has 150 valence electrons. The van der Waals surface area contributed by atoms with E-state index < -0.39 is 23.4 Å². The third-order valence-corrected chi connectivity index (χ3v) is 4.99. The smallest absolute Gasteiger partial charge is 0.282 e. The molecule has 4 rings (SSSR count). The van der Waals surface area contributed by atoms with Crippen LogP contribution in [0.5, 0.6) is 0 Å². The first-order chi connectivity index (χ1) is 14.4. The molecule has 0 bridgehead atoms. The van der Waals surface area contributed by atoms with Crippen molar-refractivity contribution in [1.29, 1.82) is 0 Å². The van der Waals surface area contributed by atoms with Crippen LogP contribution in [0.15, 0.2) is 72.4 Å². The fourth-order valence-corrected chi connectivity index (χ4v) is 3.34. The van der Waals surface area contributed by atoms with Crippen molar-refractivity contribution in [2.24, 2.45) is 0 Å². The molecule has 0 aliphatic carbocycles. The van der Waals surface area contributed by atoms with Crippen LogP contribution in [0.3, 0.4) is 0 Å². The van der Waals surface area contributed by atoms with Crippen LogP contribution >= 0.6 is 0 Å². The second-order valence-electron chi connectivity index (χ2n) is 7.10. The third-order valence-electron chi connectivity index (χ3n) is 4.99. The first kappa shape index (κ1) is 19.5. The molecule has 1 heterocycles. The monoisotopic (exact) mass is 404 g/mol. The number of halogens is 2. The zero-order chi connectivity index (χ0) is 21.4. The molecule has 1 aliphatic rings. The van der Waals surface area contributed by atoms with E-state index in [1.807, 2.05) is 44.2 Å². The summed E-state index contributed by atoms with van der Waals surface area (Å²) in [6.45, 7) is 3.79. The highest BCUT2D eigenvalue weighted by molar-refractivity contribution is 6.46. The molecule has 3 aromatic rings. The minimum Gasteiger partial charge on any atom is -0.350 e. The van der Waals surface area contributed by atoms with Crippen LogP contribution < -0.4 is 10.2 Å². The van der Waals surface area contributed by atoms with Crippen molar-refractivity contribution in [1.82, 2.24) is 0 Å². The summed E-state index contributed by atoms with van der Waals surface area (Å²) in [6, 6.07) is 17.5. The van der Waals surface area contributed by atoms with Gasteiger partial charge in [-0.25, -0.2) is 13.7 Å². The van der Waals surface area contributed by atoms with E-state index in [1.165, 1.54) is 6.07 Å². The van der Waals surface area contributed by atoms with Crippen molar-refractivity contribution in [3.63, 3.8) is 0 Å². The summed E-state index contributed by atoms with van der Waals surface area (Å²) in [5.41, 5.74) is 3.35. The number of aryl methyl sites for hydroxylation is 2. The predicted molar refractivity (Wildman–Crippen MR) is 112 cm³/mol. The molecule has 0 spiro atoms. The summed E-state index contributed by atoms with van der Waals surface area (Å²) < 4.78 is 27.2. The number of imide groups is 1. The Labute approximate surface area is 172 Å². The molecule has 3 aromatic carbocycles. The number of hydrogen-bond acceptors (Lipinski definition) is 3. The van der Waals surface area contributed by atoms with Gasteiger partial charge in [-0.3, -0.25) is 9.59 Å². The SMILES string of the molecule is Cc1ccc(C2=C(Nc3ccccc3C)C(=O)N(c3ccc(F)c(F)c3)C2=O)cc1. The van der Waals surface area contributed by atoms with Gasteiger partial charge in [0, 0.05) is 11.8 Å². The molecular weight excluding hydrogens is 386 g/mol. The first-order valence-corrected chi connectivity index (χ1v) is 9.34. The van der Waals surface area contributed by atoms with E-state index in [2.05, 4.69) is 5.32 Å². The molecule has 0 radical (unpaired) electrons. The van der Waals surface area contributed by atoms with Gasteiger partial charge in [0.25, 0.3) is 11.8 Å². The minimum atomic E-state index is -1.13. The number of benzene rings is 3. The Kier molecular flexibility index (Phi) is 4.91. The zero-order valence-corrected chi connectivity index (χ0v) is 16.4. The number of para-hydroxylation sites is 1. The Hall–Kier alpha value is -3.80. The fraction of sp³-hybridized carbons (Fsp3) is 0.0833. The fourth-order valence-electron chi connectivity index (χ4n) is 3.34. The number of rotatable bonds is 4. The van der Waals surface area contributed by atoms with Gasteiger partial charge in [-0.15, -0.1) is 0 Å². The third kappa shape index (κ3) is 3.37. The van der Waals surface area contributed by atoms with E-state index in [1.54, 1.807) is 18.2 Å². The molecule has 1 aliphatic heterocycles. The Bertz CT molecular complexity index is 1200. The summed E-state index contributed by atoms with van der Waals surface area (Å²) in [6.07, 6.45) is 0. The second-order valence-corrected chi connectivity index (χ2v) is 7.10. The highest BCUT2D eigenvalue weighted by Gasteiger charge is 2.40. The number of anilines is 2. The Morgan fingerprint density at radius 2 is 1.50 bits per heavy atom. The van der Waals surface area contributed by atoms with E-state index in [0.717, 1.165) is 28.2 Å². The molecule has 1 N–H and O–H groups in total. The quantitative estimate of drug-likeness (QED) is 0.624. The number of amides is 2. The molecule has 0 aromatic heterocycles. The lowest BCUT2D eigenvalue weighted by Gasteiger charge is -2.16. The molecule has 0 atom stereocenters. The molecule has 2 amide bonds. The Morgan fingerprint density at radius 3 is 2.17 bits per heavy atom. The zero-order valence-electron chi connectivity index (χ0n) is 16.4. The van der Waals surface area contributed by atoms with E-state index in [9.17, 15) is 18.4 Å². The normalized spacial score (nSPS) is 13.9. The molecular formula is C24H18F2N2O2. The Balaban J connectivity index is 1.84. The maximum absolute atomic E-state index is 13.8. The van der Waals surface area contributed by atoms with Gasteiger partial charge >= 0.3 is 0 Å². The van der Waals surface area contributed by atoms with Gasteiger partial charge < -0.3 is 5.32 Å². The molecule has 0 fully saturated rings. The van der Waals surface area contributed by atoms with Crippen molar-refractivity contribution >= 4 is 28.8 Å². The summed E-state index contributed by atoms with van der Waals surface area (Å²) in [5, 5.41) is 3.08. The van der Waals surface area contributed by atoms with Gasteiger partial charge in [0.2, 0.25) is 0 Å². The van der Waals surface area contributed by atoms with E-state index in [0.29, 0.717) is 11.3 Å². The van der Waals surface area contributed by atoms with Crippen molar-refractivity contribution < 1.29 is 18.4 Å². The lowest BCUT2D eigenvalue weighted by atomic mass is 10.0. The van der Waals surface area contributed by atoms with Gasteiger partial charge in [-0.2, -0.15) is 0 Å². The molecule has 0 unspecified atom stereocenters. The number of carbonyl (C=O) groups is 2. The van der Waals surface area contributed by atoms with Crippen LogP contribution in [0.2, 0.25) is 0 Å². The van der Waals surface area contributed by atoms with Gasteiger partial charge in [0.1, 0.15) is 5.70 Å². The molecule has 0 saturated carbocycles. The number of nitrogens with one attached hydrogen (secondary N) is 1. The van der Waals surface area contributed by atoms with E-state index >= 15 is 0 Å². The molecule has 0 saturated heterocycles. The highest BCUT2D eigenvalue weighted by Crippen LogP contribution is 2.34. The number of nitrogens with zero attached hydrogens (tertiary/aromatic N) is 1. The summed E-state index contributed by atoms with van der Waals surface area (Å²) in [4.78, 5) is 27.4. The molecule has 30 heavy (non-hydrogen) atoms. The average molecular weight is 404 g/mol. The van der Waals surface area contributed by atoms with Crippen LogP contribution in [0.4, 0.5) is 20.2 Å². The molecule has 6 heteroatoms. The van der Waals surface area contributed by atoms with Crippen molar-refractivity contribution in [2.75, 3.05) is 10.2 Å². The van der Waals surface area contributed by atoms with Crippen LogP contribution in [-0.4, -0.2) is 11.8 Å². The second kappa shape index (κ2) is 7.55. The lowest BCUT2D eigenvalue weighted by Crippen LogP contribution is -2.32. The van der Waals surface area contributed by atoms with E-state index in [-0.39, 0.29) is 17.0 Å². The summed E-state index contributed by atoms with van der Waals surface area (Å²) in [7, 11) is 0. The van der Waals surface area contributed by atoms with Gasteiger partial charge in [0.15, 0.2) is 11.6 Å². The maximum atomic E-state index is 13.8. The largest absolute Gasteiger partial charge is 0.350 e. The summed E-state index contributed by atoms with van der Waals surface area (Å²) >= 11 is 0.